The Morgan fingerprint density at radius 3 is 3.08 bits per heavy atom. The number of rotatable bonds is 4. The number of anilines is 1. The fourth-order valence-corrected chi connectivity index (χ4v) is 5.47. The Labute approximate surface area is 149 Å². The maximum absolute atomic E-state index is 6.27. The van der Waals surface area contributed by atoms with E-state index in [0.717, 1.165) is 52.0 Å². The average molecular weight is 357 g/mol. The second-order valence-electron chi connectivity index (χ2n) is 6.34. The lowest BCUT2D eigenvalue weighted by molar-refractivity contribution is 0.509. The van der Waals surface area contributed by atoms with E-state index in [2.05, 4.69) is 16.9 Å². The van der Waals surface area contributed by atoms with Crippen LogP contribution in [-0.4, -0.2) is 20.7 Å². The number of hydrogen-bond donors (Lipinski definition) is 1. The first-order valence-corrected chi connectivity index (χ1v) is 10.1. The van der Waals surface area contributed by atoms with Crippen LogP contribution in [-0.2, 0) is 19.3 Å². The fraction of sp³-hybridized carbons (Fsp3) is 0.389. The number of nitrogens with zero attached hydrogens (tertiary/aromatic N) is 3. The molecule has 0 spiro atoms. The highest BCUT2D eigenvalue weighted by molar-refractivity contribution is 7.99. The molecule has 0 saturated heterocycles. The average Bonchev–Trinajstić information content (AvgIpc) is 2.93. The normalized spacial score (nSPS) is 17.1. The van der Waals surface area contributed by atoms with E-state index < -0.39 is 0 Å². The van der Waals surface area contributed by atoms with Crippen molar-refractivity contribution in [2.75, 3.05) is 11.5 Å². The van der Waals surface area contributed by atoms with E-state index in [9.17, 15) is 0 Å². The van der Waals surface area contributed by atoms with Crippen LogP contribution in [0.25, 0.3) is 10.2 Å². The third-order valence-corrected chi connectivity index (χ3v) is 6.48. The topological polar surface area (TPSA) is 64.7 Å². The molecule has 3 heterocycles. The van der Waals surface area contributed by atoms with Gasteiger partial charge in [-0.15, -0.1) is 11.3 Å². The molecule has 0 saturated carbocycles. The molecule has 1 aliphatic carbocycles. The summed E-state index contributed by atoms with van der Waals surface area (Å²) >= 11 is 3.46. The van der Waals surface area contributed by atoms with Crippen LogP contribution >= 0.6 is 23.1 Å². The van der Waals surface area contributed by atoms with Gasteiger partial charge in [0.05, 0.1) is 5.39 Å². The molecule has 3 aromatic heterocycles. The molecule has 6 heteroatoms. The predicted molar refractivity (Wildman–Crippen MR) is 102 cm³/mol. The van der Waals surface area contributed by atoms with Crippen molar-refractivity contribution in [1.29, 1.82) is 0 Å². The van der Waals surface area contributed by atoms with E-state index in [-0.39, 0.29) is 0 Å². The van der Waals surface area contributed by atoms with Crippen molar-refractivity contribution in [3.05, 3.63) is 40.5 Å². The first kappa shape index (κ1) is 15.8. The molecule has 1 unspecified atom stereocenters. The SMILES string of the molecule is CC1CCc2c(sc3nc(SCCc4ccccn4)nc(N)c23)C1. The van der Waals surface area contributed by atoms with Gasteiger partial charge in [0.1, 0.15) is 10.6 Å². The monoisotopic (exact) mass is 356 g/mol. The van der Waals surface area contributed by atoms with Crippen molar-refractivity contribution in [3.8, 4) is 0 Å². The summed E-state index contributed by atoms with van der Waals surface area (Å²) in [5, 5.41) is 1.89. The van der Waals surface area contributed by atoms with Crippen molar-refractivity contribution in [1.82, 2.24) is 15.0 Å². The molecule has 24 heavy (non-hydrogen) atoms. The van der Waals surface area contributed by atoms with Crippen molar-refractivity contribution in [2.45, 2.75) is 37.8 Å². The summed E-state index contributed by atoms with van der Waals surface area (Å²) < 4.78 is 0. The zero-order valence-electron chi connectivity index (χ0n) is 13.7. The minimum absolute atomic E-state index is 0.646. The number of nitrogen functional groups attached to an aromatic ring is 1. The van der Waals surface area contributed by atoms with Gasteiger partial charge in [0, 0.05) is 22.5 Å². The Morgan fingerprint density at radius 2 is 2.25 bits per heavy atom. The summed E-state index contributed by atoms with van der Waals surface area (Å²) in [4.78, 5) is 16.2. The van der Waals surface area contributed by atoms with Gasteiger partial charge in [-0.2, -0.15) is 0 Å². The molecular weight excluding hydrogens is 336 g/mol. The molecule has 1 aliphatic rings. The van der Waals surface area contributed by atoms with Gasteiger partial charge in [-0.3, -0.25) is 4.98 Å². The lowest BCUT2D eigenvalue weighted by atomic mass is 9.89. The molecule has 0 aliphatic heterocycles. The number of aromatic nitrogens is 3. The molecule has 124 valence electrons. The molecule has 4 nitrogen and oxygen atoms in total. The van der Waals surface area contributed by atoms with Gasteiger partial charge in [0.25, 0.3) is 0 Å². The van der Waals surface area contributed by atoms with Gasteiger partial charge in [-0.1, -0.05) is 24.8 Å². The van der Waals surface area contributed by atoms with Gasteiger partial charge in [0.15, 0.2) is 5.16 Å². The van der Waals surface area contributed by atoms with Crippen LogP contribution in [0.5, 0.6) is 0 Å². The van der Waals surface area contributed by atoms with Gasteiger partial charge >= 0.3 is 0 Å². The highest BCUT2D eigenvalue weighted by atomic mass is 32.2. The van der Waals surface area contributed by atoms with E-state index in [1.165, 1.54) is 16.9 Å². The smallest absolute Gasteiger partial charge is 0.190 e. The number of thiophene rings is 1. The highest BCUT2D eigenvalue weighted by Crippen LogP contribution is 2.39. The Hall–Kier alpha value is -1.66. The van der Waals surface area contributed by atoms with Crippen molar-refractivity contribution < 1.29 is 0 Å². The zero-order valence-corrected chi connectivity index (χ0v) is 15.3. The molecule has 1 atom stereocenters. The summed E-state index contributed by atoms with van der Waals surface area (Å²) in [5.74, 6) is 2.31. The number of thioether (sulfide) groups is 1. The number of nitrogens with two attached hydrogens (primary N) is 1. The van der Waals surface area contributed by atoms with E-state index in [1.807, 2.05) is 24.4 Å². The van der Waals surface area contributed by atoms with E-state index >= 15 is 0 Å². The molecule has 0 aromatic carbocycles. The molecule has 2 N–H and O–H groups in total. The standard InChI is InChI=1S/C18H20N4S2/c1-11-5-6-13-14(10-11)24-17-15(13)16(19)21-18(22-17)23-9-7-12-4-2-3-8-20-12/h2-4,8,11H,5-7,9-10H2,1H3,(H2,19,21,22). The predicted octanol–water partition coefficient (Wildman–Crippen LogP) is 4.13. The number of hydrogen-bond acceptors (Lipinski definition) is 6. The Kier molecular flexibility index (Phi) is 4.41. The van der Waals surface area contributed by atoms with E-state index in [1.54, 1.807) is 23.1 Å². The minimum Gasteiger partial charge on any atom is -0.383 e. The first-order valence-electron chi connectivity index (χ1n) is 8.31. The summed E-state index contributed by atoms with van der Waals surface area (Å²) in [7, 11) is 0. The third-order valence-electron chi connectivity index (χ3n) is 4.48. The molecule has 0 amide bonds. The second-order valence-corrected chi connectivity index (χ2v) is 8.49. The van der Waals surface area contributed by atoms with E-state index in [4.69, 9.17) is 10.7 Å². The van der Waals surface area contributed by atoms with Crippen molar-refractivity contribution in [2.24, 2.45) is 5.92 Å². The molecule has 0 bridgehead atoms. The van der Waals surface area contributed by atoms with E-state index in [0.29, 0.717) is 5.82 Å². The molecule has 0 radical (unpaired) electrons. The summed E-state index contributed by atoms with van der Waals surface area (Å²) in [5.41, 5.74) is 8.77. The summed E-state index contributed by atoms with van der Waals surface area (Å²) in [6, 6.07) is 6.01. The Balaban J connectivity index is 1.54. The number of aryl methyl sites for hydroxylation is 2. The Bertz CT molecular complexity index is 860. The van der Waals surface area contributed by atoms with Crippen LogP contribution in [0.3, 0.4) is 0 Å². The van der Waals surface area contributed by atoms with Gasteiger partial charge in [-0.25, -0.2) is 9.97 Å². The first-order chi connectivity index (χ1) is 11.7. The van der Waals surface area contributed by atoms with Crippen molar-refractivity contribution >= 4 is 39.1 Å². The third kappa shape index (κ3) is 3.13. The summed E-state index contributed by atoms with van der Waals surface area (Å²) in [6.45, 7) is 2.32. The molecule has 3 aromatic rings. The van der Waals surface area contributed by atoms with Crippen LogP contribution in [0.1, 0.15) is 29.5 Å². The minimum atomic E-state index is 0.646. The lowest BCUT2D eigenvalue weighted by Gasteiger charge is -2.17. The lowest BCUT2D eigenvalue weighted by Crippen LogP contribution is -2.09. The Morgan fingerprint density at radius 1 is 1.33 bits per heavy atom. The van der Waals surface area contributed by atoms with Gasteiger partial charge in [-0.05, 0) is 49.3 Å². The zero-order chi connectivity index (χ0) is 16.5. The van der Waals surface area contributed by atoms with Crippen LogP contribution in [0, 0.1) is 5.92 Å². The highest BCUT2D eigenvalue weighted by Gasteiger charge is 2.23. The van der Waals surface area contributed by atoms with Crippen molar-refractivity contribution in [3.63, 3.8) is 0 Å². The van der Waals surface area contributed by atoms with Gasteiger partial charge in [0.2, 0.25) is 0 Å². The summed E-state index contributed by atoms with van der Waals surface area (Å²) in [6.07, 6.45) is 6.23. The van der Waals surface area contributed by atoms with Crippen LogP contribution < -0.4 is 5.73 Å². The van der Waals surface area contributed by atoms with Crippen LogP contribution in [0.2, 0.25) is 0 Å². The quantitative estimate of drug-likeness (QED) is 0.562. The second kappa shape index (κ2) is 6.69. The number of pyridine rings is 1. The van der Waals surface area contributed by atoms with Crippen LogP contribution in [0.15, 0.2) is 29.6 Å². The maximum atomic E-state index is 6.27. The molecule has 0 fully saturated rings. The fourth-order valence-electron chi connectivity index (χ4n) is 3.21. The molecular formula is C18H20N4S2. The van der Waals surface area contributed by atoms with Crippen LogP contribution in [0.4, 0.5) is 5.82 Å². The maximum Gasteiger partial charge on any atom is 0.190 e. The van der Waals surface area contributed by atoms with Gasteiger partial charge < -0.3 is 5.73 Å². The number of fused-ring (bicyclic) bond motifs is 3. The molecule has 4 rings (SSSR count). The largest absolute Gasteiger partial charge is 0.383 e.